The molecule has 94 valence electrons. The Kier molecular flexibility index (Phi) is 4.40. The molecule has 0 saturated heterocycles. The van der Waals surface area contributed by atoms with Crippen LogP contribution in [0.4, 0.5) is 0 Å². The predicted octanol–water partition coefficient (Wildman–Crippen LogP) is 2.55. The summed E-state index contributed by atoms with van der Waals surface area (Å²) in [6.45, 7) is 1.14. The Morgan fingerprint density at radius 1 is 1.29 bits per heavy atom. The first-order valence-electron chi connectivity index (χ1n) is 6.19. The highest BCUT2D eigenvalue weighted by Gasteiger charge is 2.20. The molecule has 2 rings (SSSR count). The molecule has 1 saturated carbocycles. The van der Waals surface area contributed by atoms with Crippen molar-refractivity contribution in [2.24, 2.45) is 5.92 Å². The van der Waals surface area contributed by atoms with Gasteiger partial charge in [-0.3, -0.25) is 0 Å². The van der Waals surface area contributed by atoms with E-state index < -0.39 is 6.10 Å². The summed E-state index contributed by atoms with van der Waals surface area (Å²) >= 11 is 0. The number of hydrogen-bond acceptors (Lipinski definition) is 3. The largest absolute Gasteiger partial charge is 0.497 e. The van der Waals surface area contributed by atoms with Crippen LogP contribution in [0.2, 0.25) is 0 Å². The van der Waals surface area contributed by atoms with Gasteiger partial charge in [-0.1, -0.05) is 25.0 Å². The average molecular weight is 236 g/mol. The number of hydrogen-bond donors (Lipinski definition) is 1. The van der Waals surface area contributed by atoms with Gasteiger partial charge in [0.1, 0.15) is 11.9 Å². The van der Waals surface area contributed by atoms with Crippen molar-refractivity contribution < 1.29 is 14.6 Å². The maximum absolute atomic E-state index is 9.90. The number of methoxy groups -OCH3 is 1. The summed E-state index contributed by atoms with van der Waals surface area (Å²) < 4.78 is 10.5. The van der Waals surface area contributed by atoms with Gasteiger partial charge in [0, 0.05) is 6.61 Å². The average Bonchev–Trinajstić information content (AvgIpc) is 3.18. The van der Waals surface area contributed by atoms with Crippen molar-refractivity contribution in [1.29, 1.82) is 0 Å². The topological polar surface area (TPSA) is 38.7 Å². The van der Waals surface area contributed by atoms with Crippen LogP contribution in [-0.4, -0.2) is 25.4 Å². The van der Waals surface area contributed by atoms with Crippen molar-refractivity contribution in [3.05, 3.63) is 29.8 Å². The quantitative estimate of drug-likeness (QED) is 0.739. The Morgan fingerprint density at radius 2 is 2.00 bits per heavy atom. The van der Waals surface area contributed by atoms with Gasteiger partial charge in [0.25, 0.3) is 0 Å². The van der Waals surface area contributed by atoms with Crippen LogP contribution in [0.1, 0.15) is 30.9 Å². The fourth-order valence-corrected chi connectivity index (χ4v) is 1.77. The van der Waals surface area contributed by atoms with Crippen LogP contribution in [0.5, 0.6) is 5.75 Å². The standard InChI is InChI=1S/C14H20O3/c1-16-13-6-4-12(5-7-13)14(15)10-17-9-8-11-2-3-11/h4-7,11,14-15H,2-3,8-10H2,1H3. The Morgan fingerprint density at radius 3 is 2.59 bits per heavy atom. The summed E-state index contributed by atoms with van der Waals surface area (Å²) in [6.07, 6.45) is 3.30. The highest BCUT2D eigenvalue weighted by atomic mass is 16.5. The molecule has 3 heteroatoms. The Bertz CT molecular complexity index is 330. The summed E-state index contributed by atoms with van der Waals surface area (Å²) in [5, 5.41) is 9.90. The minimum atomic E-state index is -0.542. The number of rotatable bonds is 7. The number of ether oxygens (including phenoxy) is 2. The van der Waals surface area contributed by atoms with Crippen molar-refractivity contribution in [3.8, 4) is 5.75 Å². The lowest BCUT2D eigenvalue weighted by atomic mass is 10.1. The van der Waals surface area contributed by atoms with Crippen molar-refractivity contribution in [2.45, 2.75) is 25.4 Å². The van der Waals surface area contributed by atoms with Crippen molar-refractivity contribution in [3.63, 3.8) is 0 Å². The monoisotopic (exact) mass is 236 g/mol. The van der Waals surface area contributed by atoms with E-state index in [1.54, 1.807) is 7.11 Å². The second kappa shape index (κ2) is 6.03. The van der Waals surface area contributed by atoms with Crippen molar-refractivity contribution in [2.75, 3.05) is 20.3 Å². The van der Waals surface area contributed by atoms with E-state index in [1.165, 1.54) is 12.8 Å². The number of aliphatic hydroxyl groups is 1. The van der Waals surface area contributed by atoms with Crippen LogP contribution in [0.25, 0.3) is 0 Å². The van der Waals surface area contributed by atoms with E-state index in [0.717, 1.165) is 30.3 Å². The molecule has 1 aliphatic rings. The SMILES string of the molecule is COc1ccc(C(O)COCCC2CC2)cc1. The van der Waals surface area contributed by atoms with Crippen LogP contribution in [-0.2, 0) is 4.74 Å². The van der Waals surface area contributed by atoms with E-state index in [1.807, 2.05) is 24.3 Å². The van der Waals surface area contributed by atoms with Crippen LogP contribution in [0, 0.1) is 5.92 Å². The highest BCUT2D eigenvalue weighted by molar-refractivity contribution is 5.28. The van der Waals surface area contributed by atoms with Gasteiger partial charge in [0.15, 0.2) is 0 Å². The molecule has 1 N–H and O–H groups in total. The smallest absolute Gasteiger partial charge is 0.118 e. The zero-order valence-electron chi connectivity index (χ0n) is 10.3. The molecule has 0 bridgehead atoms. The molecule has 0 heterocycles. The van der Waals surface area contributed by atoms with E-state index in [4.69, 9.17) is 9.47 Å². The first-order chi connectivity index (χ1) is 8.29. The molecule has 0 aliphatic heterocycles. The van der Waals surface area contributed by atoms with Crippen LogP contribution >= 0.6 is 0 Å². The molecule has 0 aromatic heterocycles. The van der Waals surface area contributed by atoms with Crippen LogP contribution in [0.3, 0.4) is 0 Å². The third-order valence-corrected chi connectivity index (χ3v) is 3.14. The predicted molar refractivity (Wildman–Crippen MR) is 66.1 cm³/mol. The molecular formula is C14H20O3. The molecule has 0 spiro atoms. The minimum absolute atomic E-state index is 0.374. The maximum atomic E-state index is 9.90. The molecule has 1 aromatic carbocycles. The molecule has 17 heavy (non-hydrogen) atoms. The van der Waals surface area contributed by atoms with Crippen molar-refractivity contribution in [1.82, 2.24) is 0 Å². The minimum Gasteiger partial charge on any atom is -0.497 e. The Labute approximate surface area is 102 Å². The van der Waals surface area contributed by atoms with E-state index in [9.17, 15) is 5.11 Å². The van der Waals surface area contributed by atoms with Gasteiger partial charge in [0.2, 0.25) is 0 Å². The Balaban J connectivity index is 1.71. The maximum Gasteiger partial charge on any atom is 0.118 e. The summed E-state index contributed by atoms with van der Waals surface area (Å²) in [7, 11) is 1.63. The normalized spacial score (nSPS) is 16.8. The van der Waals surface area contributed by atoms with Gasteiger partial charge in [-0.25, -0.2) is 0 Å². The van der Waals surface area contributed by atoms with E-state index in [-0.39, 0.29) is 0 Å². The van der Waals surface area contributed by atoms with Gasteiger partial charge in [-0.2, -0.15) is 0 Å². The zero-order chi connectivity index (χ0) is 12.1. The first-order valence-corrected chi connectivity index (χ1v) is 6.19. The molecule has 1 fully saturated rings. The van der Waals surface area contributed by atoms with Gasteiger partial charge >= 0.3 is 0 Å². The molecular weight excluding hydrogens is 216 g/mol. The van der Waals surface area contributed by atoms with Gasteiger partial charge < -0.3 is 14.6 Å². The zero-order valence-corrected chi connectivity index (χ0v) is 10.3. The molecule has 3 nitrogen and oxygen atoms in total. The van der Waals surface area contributed by atoms with E-state index in [0.29, 0.717) is 6.61 Å². The van der Waals surface area contributed by atoms with Gasteiger partial charge in [0.05, 0.1) is 13.7 Å². The fraction of sp³-hybridized carbons (Fsp3) is 0.571. The molecule has 0 amide bonds. The van der Waals surface area contributed by atoms with Crippen LogP contribution in [0.15, 0.2) is 24.3 Å². The van der Waals surface area contributed by atoms with Crippen LogP contribution < -0.4 is 4.74 Å². The van der Waals surface area contributed by atoms with Gasteiger partial charge in [-0.05, 0) is 30.0 Å². The molecule has 1 aliphatic carbocycles. The van der Waals surface area contributed by atoms with E-state index in [2.05, 4.69) is 0 Å². The van der Waals surface area contributed by atoms with Gasteiger partial charge in [-0.15, -0.1) is 0 Å². The summed E-state index contributed by atoms with van der Waals surface area (Å²) in [5.74, 6) is 1.68. The second-order valence-electron chi connectivity index (χ2n) is 4.60. The lowest BCUT2D eigenvalue weighted by Crippen LogP contribution is -2.08. The molecule has 0 radical (unpaired) electrons. The number of benzene rings is 1. The lowest BCUT2D eigenvalue weighted by Gasteiger charge is -2.12. The summed E-state index contributed by atoms with van der Waals surface area (Å²) in [5.41, 5.74) is 0.872. The lowest BCUT2D eigenvalue weighted by molar-refractivity contribution is 0.0336. The van der Waals surface area contributed by atoms with E-state index >= 15 is 0 Å². The second-order valence-corrected chi connectivity index (χ2v) is 4.60. The first kappa shape index (κ1) is 12.4. The Hall–Kier alpha value is -1.06. The third kappa shape index (κ3) is 4.02. The molecule has 1 unspecified atom stereocenters. The fourth-order valence-electron chi connectivity index (χ4n) is 1.77. The third-order valence-electron chi connectivity index (χ3n) is 3.14. The van der Waals surface area contributed by atoms with Crippen molar-refractivity contribution >= 4 is 0 Å². The summed E-state index contributed by atoms with van der Waals surface area (Å²) in [4.78, 5) is 0. The highest BCUT2D eigenvalue weighted by Crippen LogP contribution is 2.32. The molecule has 1 aromatic rings. The molecule has 1 atom stereocenters. The summed E-state index contributed by atoms with van der Waals surface area (Å²) in [6, 6.07) is 7.44. The number of aliphatic hydroxyl groups excluding tert-OH is 1.